The predicted molar refractivity (Wildman–Crippen MR) is 76.3 cm³/mol. The molecule has 0 aliphatic heterocycles. The van der Waals surface area contributed by atoms with Gasteiger partial charge in [-0.25, -0.2) is 0 Å². The fourth-order valence-electron chi connectivity index (χ4n) is 1.83. The van der Waals surface area contributed by atoms with Gasteiger partial charge in [-0.15, -0.1) is 0 Å². The van der Waals surface area contributed by atoms with E-state index in [-0.39, 0.29) is 6.54 Å². The molecule has 2 aromatic rings. The number of benzene rings is 1. The van der Waals surface area contributed by atoms with E-state index in [1.165, 1.54) is 19.0 Å². The van der Waals surface area contributed by atoms with E-state index in [0.717, 1.165) is 10.9 Å². The van der Waals surface area contributed by atoms with Crippen LogP contribution in [0.15, 0.2) is 30.5 Å². The Kier molecular flexibility index (Phi) is 1.86. The zero-order chi connectivity index (χ0) is 18.3. The molecular formula is C15H22N2O. The first-order chi connectivity index (χ1) is 10.9. The minimum absolute atomic E-state index is 0.178. The van der Waals surface area contributed by atoms with Gasteiger partial charge in [-0.3, -0.25) is 0 Å². The van der Waals surface area contributed by atoms with E-state index >= 15 is 0 Å². The first kappa shape index (κ1) is 7.19. The summed E-state index contributed by atoms with van der Waals surface area (Å²) < 4.78 is 54.2. The van der Waals surface area contributed by atoms with Gasteiger partial charge in [-0.05, 0) is 52.1 Å². The molecule has 0 saturated carbocycles. The van der Waals surface area contributed by atoms with Gasteiger partial charge in [0.05, 0.1) is 7.11 Å². The minimum atomic E-state index is -2.69. The maximum atomic E-state index is 7.90. The van der Waals surface area contributed by atoms with E-state index in [1.807, 2.05) is 12.1 Å². The van der Waals surface area contributed by atoms with Crippen LogP contribution in [-0.4, -0.2) is 36.2 Å². The van der Waals surface area contributed by atoms with Crippen LogP contribution < -0.4 is 4.74 Å². The zero-order valence-electron chi connectivity index (χ0n) is 16.9. The summed E-state index contributed by atoms with van der Waals surface area (Å²) in [6, 6.07) is 7.21. The van der Waals surface area contributed by atoms with E-state index in [2.05, 4.69) is 0 Å². The van der Waals surface area contributed by atoms with Crippen LogP contribution in [0, 0.1) is 0 Å². The van der Waals surface area contributed by atoms with Crippen LogP contribution in [0.4, 0.5) is 0 Å². The average molecular weight is 252 g/mol. The van der Waals surface area contributed by atoms with Crippen molar-refractivity contribution in [3.63, 3.8) is 0 Å². The van der Waals surface area contributed by atoms with E-state index in [1.54, 1.807) is 30.0 Å². The lowest BCUT2D eigenvalue weighted by Crippen LogP contribution is -2.41. The van der Waals surface area contributed by atoms with Gasteiger partial charge in [0.25, 0.3) is 0 Å². The average Bonchev–Trinajstić information content (AvgIpc) is 2.83. The Balaban J connectivity index is 2.59. The van der Waals surface area contributed by atoms with Gasteiger partial charge >= 0.3 is 0 Å². The second-order valence-corrected chi connectivity index (χ2v) is 4.62. The van der Waals surface area contributed by atoms with Gasteiger partial charge in [-0.1, -0.05) is 0 Å². The number of aromatic nitrogens is 1. The van der Waals surface area contributed by atoms with Gasteiger partial charge < -0.3 is 14.2 Å². The van der Waals surface area contributed by atoms with Crippen LogP contribution in [0.3, 0.4) is 0 Å². The normalized spacial score (nSPS) is 18.7. The summed E-state index contributed by atoms with van der Waals surface area (Å²) in [6.45, 7) is -5.56. The highest BCUT2D eigenvalue weighted by Gasteiger charge is 2.21. The van der Waals surface area contributed by atoms with Gasteiger partial charge in [0.1, 0.15) is 5.75 Å². The zero-order valence-corrected chi connectivity index (χ0v) is 10.9. The maximum absolute atomic E-state index is 7.90. The molecule has 2 rings (SSSR count). The molecule has 0 unspecified atom stereocenters. The monoisotopic (exact) mass is 252 g/mol. The van der Waals surface area contributed by atoms with Crippen molar-refractivity contribution in [2.75, 3.05) is 21.2 Å². The van der Waals surface area contributed by atoms with Gasteiger partial charge in [0.2, 0.25) is 0 Å². The second kappa shape index (κ2) is 4.65. The molecule has 0 fully saturated rings. The lowest BCUT2D eigenvalue weighted by atomic mass is 10.0. The highest BCUT2D eigenvalue weighted by molar-refractivity contribution is 5.81. The predicted octanol–water partition coefficient (Wildman–Crippen LogP) is 2.99. The molecule has 0 radical (unpaired) electrons. The third-order valence-corrected chi connectivity index (χ3v) is 3.14. The van der Waals surface area contributed by atoms with Crippen molar-refractivity contribution in [3.05, 3.63) is 30.5 Å². The molecule has 0 bridgehead atoms. The summed E-state index contributed by atoms with van der Waals surface area (Å²) >= 11 is 0. The number of fused-ring (bicyclic) bond motifs is 1. The Labute approximate surface area is 117 Å². The first-order valence-electron chi connectivity index (χ1n) is 8.74. The molecule has 3 nitrogen and oxygen atoms in total. The summed E-state index contributed by atoms with van der Waals surface area (Å²) in [5.74, 6) is 0.686. The molecule has 0 amide bonds. The summed E-state index contributed by atoms with van der Waals surface area (Å²) in [7, 11) is 4.55. The van der Waals surface area contributed by atoms with Crippen LogP contribution in [0.1, 0.15) is 21.9 Å². The van der Waals surface area contributed by atoms with Crippen molar-refractivity contribution in [2.24, 2.45) is 0 Å². The molecule has 0 spiro atoms. The third kappa shape index (κ3) is 2.36. The summed E-state index contributed by atoms with van der Waals surface area (Å²) in [6.07, 6.45) is 1.71. The number of methoxy groups -OCH3 is 1. The van der Waals surface area contributed by atoms with Crippen molar-refractivity contribution >= 4 is 10.9 Å². The number of hydrogen-bond acceptors (Lipinski definition) is 2. The fourth-order valence-corrected chi connectivity index (χ4v) is 1.83. The highest BCUT2D eigenvalue weighted by Crippen LogP contribution is 2.24. The summed E-state index contributed by atoms with van der Waals surface area (Å²) in [5, 5.41) is 0.859. The first-order valence-corrected chi connectivity index (χ1v) is 5.74. The quantitative estimate of drug-likeness (QED) is 0.832. The Morgan fingerprint density at radius 1 is 1.33 bits per heavy atom. The number of nitrogens with zero attached hydrogens (tertiary/aromatic N) is 2. The van der Waals surface area contributed by atoms with Crippen molar-refractivity contribution in [1.82, 2.24) is 9.47 Å². The van der Waals surface area contributed by atoms with Gasteiger partial charge in [0.15, 0.2) is 0 Å². The standard InChI is InChI=1S/C15H22N2O/c1-15(2,16(3)4)11-17-9-8-12-10-13(18-5)6-7-14(12)17/h6-10H,11H2,1-5H3/i1D3,2D3. The van der Waals surface area contributed by atoms with E-state index in [9.17, 15) is 0 Å². The number of hydrogen-bond donors (Lipinski definition) is 0. The molecule has 0 atom stereocenters. The summed E-state index contributed by atoms with van der Waals surface area (Å²) in [4.78, 5) is 1.29. The smallest absolute Gasteiger partial charge is 0.119 e. The molecule has 1 aromatic carbocycles. The number of ether oxygens (including phenoxy) is 1. The molecule has 18 heavy (non-hydrogen) atoms. The number of rotatable bonds is 4. The third-order valence-electron chi connectivity index (χ3n) is 3.14. The van der Waals surface area contributed by atoms with Crippen molar-refractivity contribution in [1.29, 1.82) is 0 Å². The maximum Gasteiger partial charge on any atom is 0.119 e. The molecule has 3 heteroatoms. The van der Waals surface area contributed by atoms with Crippen LogP contribution >= 0.6 is 0 Å². The molecule has 1 aromatic heterocycles. The van der Waals surface area contributed by atoms with Crippen molar-refractivity contribution in [2.45, 2.75) is 25.8 Å². The lowest BCUT2D eigenvalue weighted by Gasteiger charge is -2.33. The molecule has 0 saturated heterocycles. The second-order valence-electron chi connectivity index (χ2n) is 4.62. The molecule has 0 aliphatic rings. The molecule has 0 N–H and O–H groups in total. The Morgan fingerprint density at radius 2 is 2.11 bits per heavy atom. The van der Waals surface area contributed by atoms with E-state index in [4.69, 9.17) is 13.0 Å². The highest BCUT2D eigenvalue weighted by atomic mass is 16.5. The van der Waals surface area contributed by atoms with Gasteiger partial charge in [0, 0.05) is 37.4 Å². The summed E-state index contributed by atoms with van der Waals surface area (Å²) in [5.41, 5.74) is -1.23. The van der Waals surface area contributed by atoms with Crippen molar-refractivity contribution < 1.29 is 13.0 Å². The van der Waals surface area contributed by atoms with E-state index < -0.39 is 19.2 Å². The van der Waals surface area contributed by atoms with Crippen LogP contribution in [0.25, 0.3) is 10.9 Å². The van der Waals surface area contributed by atoms with Crippen LogP contribution in [-0.2, 0) is 6.54 Å². The van der Waals surface area contributed by atoms with E-state index in [0.29, 0.717) is 5.75 Å². The molecular weight excluding hydrogens is 224 g/mol. The molecule has 98 valence electrons. The van der Waals surface area contributed by atoms with Crippen LogP contribution in [0.5, 0.6) is 5.75 Å². The topological polar surface area (TPSA) is 17.4 Å². The molecule has 1 heterocycles. The molecule has 0 aliphatic carbocycles. The minimum Gasteiger partial charge on any atom is -0.497 e. The van der Waals surface area contributed by atoms with Crippen molar-refractivity contribution in [3.8, 4) is 5.75 Å². The Bertz CT molecular complexity index is 703. The Hall–Kier alpha value is -1.48. The van der Waals surface area contributed by atoms with Crippen LogP contribution in [0.2, 0.25) is 0 Å². The van der Waals surface area contributed by atoms with Gasteiger partial charge in [-0.2, -0.15) is 0 Å². The SMILES string of the molecule is [2H]C([2H])([2H])C(Cn1ccc2cc(OC)ccc21)(N(C)C)C([2H])([2H])[2H]. The lowest BCUT2D eigenvalue weighted by molar-refractivity contribution is 0.171. The fraction of sp³-hybridized carbons (Fsp3) is 0.467. The number of likely N-dealkylation sites (N-methyl/N-ethyl adjacent to an activating group) is 1. The Morgan fingerprint density at radius 3 is 2.72 bits per heavy atom. The largest absolute Gasteiger partial charge is 0.497 e.